The quantitative estimate of drug-likeness (QED) is 0.631. The molecule has 1 aromatic carbocycles. The van der Waals surface area contributed by atoms with Crippen LogP contribution in [0.4, 0.5) is 5.69 Å². The smallest absolute Gasteiger partial charge is 0.273 e. The summed E-state index contributed by atoms with van der Waals surface area (Å²) in [5.74, 6) is 0.670. The van der Waals surface area contributed by atoms with Gasteiger partial charge in [0.2, 0.25) is 5.88 Å². The summed E-state index contributed by atoms with van der Waals surface area (Å²) in [4.78, 5) is 10.3. The fraction of sp³-hybridized carbons (Fsp3) is 0.231. The number of non-ortho nitro benzene ring substituents is 1. The molecule has 0 saturated heterocycles. The maximum absolute atomic E-state index is 10.8. The van der Waals surface area contributed by atoms with Crippen LogP contribution in [0.15, 0.2) is 18.2 Å². The highest BCUT2D eigenvalue weighted by Gasteiger charge is 2.19. The van der Waals surface area contributed by atoms with Gasteiger partial charge >= 0.3 is 0 Å². The molecule has 21 heavy (non-hydrogen) atoms. The standard InChI is InChI=1S/C13H12N4O4/c1-8-10(7-14)13(16(2)15-8)21-12-6-9(17(18)19)4-5-11(12)20-3/h4-6H,1-3H3. The first-order valence-electron chi connectivity index (χ1n) is 5.92. The van der Waals surface area contributed by atoms with Crippen molar-refractivity contribution >= 4 is 5.69 Å². The zero-order chi connectivity index (χ0) is 15.6. The van der Waals surface area contributed by atoms with Crippen molar-refractivity contribution in [3.05, 3.63) is 39.6 Å². The van der Waals surface area contributed by atoms with E-state index in [0.717, 1.165) is 0 Å². The lowest BCUT2D eigenvalue weighted by atomic mass is 10.2. The van der Waals surface area contributed by atoms with E-state index in [9.17, 15) is 10.1 Å². The number of hydrogen-bond donors (Lipinski definition) is 0. The molecule has 0 radical (unpaired) electrons. The average molecular weight is 288 g/mol. The van der Waals surface area contributed by atoms with Gasteiger partial charge in [0.05, 0.1) is 23.8 Å². The van der Waals surface area contributed by atoms with Gasteiger partial charge in [-0.25, -0.2) is 4.68 Å². The number of hydrogen-bond acceptors (Lipinski definition) is 6. The Morgan fingerprint density at radius 3 is 2.71 bits per heavy atom. The van der Waals surface area contributed by atoms with Crippen LogP contribution in [-0.4, -0.2) is 21.8 Å². The maximum atomic E-state index is 10.8. The molecule has 8 nitrogen and oxygen atoms in total. The Morgan fingerprint density at radius 2 is 2.14 bits per heavy atom. The molecular weight excluding hydrogens is 276 g/mol. The molecule has 0 aliphatic rings. The van der Waals surface area contributed by atoms with Gasteiger partial charge in [-0.3, -0.25) is 10.1 Å². The van der Waals surface area contributed by atoms with Crippen molar-refractivity contribution in [1.82, 2.24) is 9.78 Å². The van der Waals surface area contributed by atoms with Gasteiger partial charge < -0.3 is 9.47 Å². The number of nitro groups is 1. The third-order valence-corrected chi connectivity index (χ3v) is 2.85. The number of aromatic nitrogens is 2. The van der Waals surface area contributed by atoms with E-state index in [2.05, 4.69) is 5.10 Å². The SMILES string of the molecule is COc1ccc([N+](=O)[O-])cc1Oc1c(C#N)c(C)nn1C. The Kier molecular flexibility index (Phi) is 3.75. The number of nitrogens with zero attached hydrogens (tertiary/aromatic N) is 4. The van der Waals surface area contributed by atoms with E-state index >= 15 is 0 Å². The third-order valence-electron chi connectivity index (χ3n) is 2.85. The summed E-state index contributed by atoms with van der Waals surface area (Å²) in [5.41, 5.74) is 0.647. The number of ether oxygens (including phenoxy) is 2. The molecule has 0 atom stereocenters. The average Bonchev–Trinajstić information content (AvgIpc) is 2.72. The molecule has 1 aromatic heterocycles. The molecule has 0 aliphatic heterocycles. The Balaban J connectivity index is 2.51. The summed E-state index contributed by atoms with van der Waals surface area (Å²) >= 11 is 0. The topological polar surface area (TPSA) is 103 Å². The molecule has 1 heterocycles. The minimum Gasteiger partial charge on any atom is -0.493 e. The van der Waals surface area contributed by atoms with Crippen LogP contribution in [0.5, 0.6) is 17.4 Å². The monoisotopic (exact) mass is 288 g/mol. The molecule has 0 unspecified atom stereocenters. The van der Waals surface area contributed by atoms with E-state index in [1.54, 1.807) is 14.0 Å². The van der Waals surface area contributed by atoms with Crippen molar-refractivity contribution in [2.75, 3.05) is 7.11 Å². The highest BCUT2D eigenvalue weighted by molar-refractivity contribution is 5.52. The van der Waals surface area contributed by atoms with Gasteiger partial charge in [0, 0.05) is 13.1 Å². The first-order chi connectivity index (χ1) is 9.97. The predicted octanol–water partition coefficient (Wildman–Crippen LogP) is 2.31. The highest BCUT2D eigenvalue weighted by Crippen LogP contribution is 2.36. The lowest BCUT2D eigenvalue weighted by molar-refractivity contribution is -0.384. The molecule has 0 spiro atoms. The Bertz CT molecular complexity index is 745. The Labute approximate surface area is 120 Å². The van der Waals surface area contributed by atoms with E-state index < -0.39 is 4.92 Å². The number of benzene rings is 1. The molecule has 0 N–H and O–H groups in total. The molecule has 0 amide bonds. The largest absolute Gasteiger partial charge is 0.493 e. The second kappa shape index (κ2) is 5.50. The molecular formula is C13H12N4O4. The van der Waals surface area contributed by atoms with Crippen molar-refractivity contribution in [3.8, 4) is 23.4 Å². The number of methoxy groups -OCH3 is 1. The summed E-state index contributed by atoms with van der Waals surface area (Å²) in [6, 6.07) is 5.98. The van der Waals surface area contributed by atoms with E-state index in [1.165, 1.54) is 30.0 Å². The van der Waals surface area contributed by atoms with E-state index in [0.29, 0.717) is 11.4 Å². The summed E-state index contributed by atoms with van der Waals surface area (Å²) in [5, 5.41) is 24.1. The van der Waals surface area contributed by atoms with Crippen LogP contribution in [0.2, 0.25) is 0 Å². The number of nitro benzene ring substituents is 1. The summed E-state index contributed by atoms with van der Waals surface area (Å²) in [6.45, 7) is 1.68. The predicted molar refractivity (Wildman–Crippen MR) is 72.4 cm³/mol. The zero-order valence-corrected chi connectivity index (χ0v) is 11.7. The van der Waals surface area contributed by atoms with Crippen molar-refractivity contribution in [2.45, 2.75) is 6.92 Å². The number of rotatable bonds is 4. The van der Waals surface area contributed by atoms with Gasteiger partial charge in [-0.15, -0.1) is 0 Å². The summed E-state index contributed by atoms with van der Waals surface area (Å²) in [6.07, 6.45) is 0. The van der Waals surface area contributed by atoms with Crippen molar-refractivity contribution in [1.29, 1.82) is 5.26 Å². The van der Waals surface area contributed by atoms with Crippen LogP contribution in [0.3, 0.4) is 0 Å². The second-order valence-corrected chi connectivity index (χ2v) is 4.20. The van der Waals surface area contributed by atoms with Crippen LogP contribution in [-0.2, 0) is 7.05 Å². The van der Waals surface area contributed by atoms with Crippen LogP contribution in [0, 0.1) is 28.4 Å². The number of aryl methyl sites for hydroxylation is 2. The second-order valence-electron chi connectivity index (χ2n) is 4.20. The van der Waals surface area contributed by atoms with E-state index in [-0.39, 0.29) is 22.9 Å². The van der Waals surface area contributed by atoms with Crippen molar-refractivity contribution in [3.63, 3.8) is 0 Å². The first-order valence-corrected chi connectivity index (χ1v) is 5.92. The number of nitriles is 1. The van der Waals surface area contributed by atoms with Gasteiger partial charge in [-0.05, 0) is 13.0 Å². The normalized spacial score (nSPS) is 10.0. The Morgan fingerprint density at radius 1 is 1.43 bits per heavy atom. The molecule has 2 aromatic rings. The minimum atomic E-state index is -0.536. The van der Waals surface area contributed by atoms with Gasteiger partial charge in [-0.2, -0.15) is 10.4 Å². The van der Waals surface area contributed by atoms with Crippen molar-refractivity contribution < 1.29 is 14.4 Å². The van der Waals surface area contributed by atoms with Gasteiger partial charge in [-0.1, -0.05) is 0 Å². The maximum Gasteiger partial charge on any atom is 0.273 e. The summed E-state index contributed by atoms with van der Waals surface area (Å²) in [7, 11) is 3.04. The fourth-order valence-electron chi connectivity index (χ4n) is 1.85. The molecule has 108 valence electrons. The van der Waals surface area contributed by atoms with E-state index in [4.69, 9.17) is 14.7 Å². The molecule has 2 rings (SSSR count). The lowest BCUT2D eigenvalue weighted by Crippen LogP contribution is -1.99. The molecule has 0 fully saturated rings. The summed E-state index contributed by atoms with van der Waals surface area (Å²) < 4.78 is 12.1. The van der Waals surface area contributed by atoms with Crippen LogP contribution in [0.25, 0.3) is 0 Å². The lowest BCUT2D eigenvalue weighted by Gasteiger charge is -2.10. The van der Waals surface area contributed by atoms with Crippen LogP contribution in [0.1, 0.15) is 11.3 Å². The Hall–Kier alpha value is -3.08. The highest BCUT2D eigenvalue weighted by atomic mass is 16.6. The third kappa shape index (κ3) is 2.62. The first kappa shape index (κ1) is 14.3. The van der Waals surface area contributed by atoms with Crippen LogP contribution >= 0.6 is 0 Å². The molecule has 8 heteroatoms. The van der Waals surface area contributed by atoms with Gasteiger partial charge in [0.15, 0.2) is 11.5 Å². The van der Waals surface area contributed by atoms with E-state index in [1.807, 2.05) is 6.07 Å². The molecule has 0 bridgehead atoms. The van der Waals surface area contributed by atoms with Crippen LogP contribution < -0.4 is 9.47 Å². The molecule has 0 aliphatic carbocycles. The van der Waals surface area contributed by atoms with Gasteiger partial charge in [0.1, 0.15) is 11.6 Å². The molecule has 0 saturated carbocycles. The zero-order valence-electron chi connectivity index (χ0n) is 11.7. The van der Waals surface area contributed by atoms with Crippen molar-refractivity contribution in [2.24, 2.45) is 7.05 Å². The van der Waals surface area contributed by atoms with Gasteiger partial charge in [0.25, 0.3) is 5.69 Å². The fourth-order valence-corrected chi connectivity index (χ4v) is 1.85. The minimum absolute atomic E-state index is 0.136.